The summed E-state index contributed by atoms with van der Waals surface area (Å²) in [6.45, 7) is 3.83. The number of rotatable bonds is 4. The lowest BCUT2D eigenvalue weighted by Crippen LogP contribution is -2.22. The summed E-state index contributed by atoms with van der Waals surface area (Å²) in [5.74, 6) is -0.117. The lowest BCUT2D eigenvalue weighted by molar-refractivity contribution is -0.131. The molecule has 0 spiro atoms. The van der Waals surface area contributed by atoms with Crippen LogP contribution in [0.25, 0.3) is 0 Å². The first-order chi connectivity index (χ1) is 10.0. The van der Waals surface area contributed by atoms with Gasteiger partial charge in [-0.15, -0.1) is 0 Å². The van der Waals surface area contributed by atoms with Gasteiger partial charge in [-0.3, -0.25) is 9.59 Å². The monoisotopic (exact) mass is 283 g/mol. The van der Waals surface area contributed by atoms with Gasteiger partial charge in [0, 0.05) is 19.0 Å². The molecule has 21 heavy (non-hydrogen) atoms. The molecule has 0 heterocycles. The average Bonchev–Trinajstić information content (AvgIpc) is 2.46. The molecule has 2 aromatic carbocycles. The minimum Gasteiger partial charge on any atom is -0.427 e. The minimum absolute atomic E-state index is 0.162. The third kappa shape index (κ3) is 4.45. The smallest absolute Gasteiger partial charge is 0.308 e. The standard InChI is InChI=1S/C17H17NO3/c1-12-3-5-14(6-4-12)11-18-17(20)15-7-9-16(10-8-15)21-13(2)19/h3-10H,11H2,1-2H3,(H,18,20). The Kier molecular flexibility index (Phi) is 4.72. The zero-order valence-electron chi connectivity index (χ0n) is 12.1. The van der Waals surface area contributed by atoms with Crippen molar-refractivity contribution in [3.63, 3.8) is 0 Å². The van der Waals surface area contributed by atoms with Crippen LogP contribution in [0, 0.1) is 6.92 Å². The third-order valence-corrected chi connectivity index (χ3v) is 2.95. The van der Waals surface area contributed by atoms with E-state index in [-0.39, 0.29) is 11.9 Å². The van der Waals surface area contributed by atoms with E-state index in [1.54, 1.807) is 24.3 Å². The van der Waals surface area contributed by atoms with E-state index in [2.05, 4.69) is 5.32 Å². The van der Waals surface area contributed by atoms with Crippen molar-refractivity contribution in [3.8, 4) is 5.75 Å². The summed E-state index contributed by atoms with van der Waals surface area (Å²) in [4.78, 5) is 22.8. The van der Waals surface area contributed by atoms with Crippen molar-refractivity contribution in [2.75, 3.05) is 0 Å². The highest BCUT2D eigenvalue weighted by Gasteiger charge is 2.06. The molecule has 0 aliphatic heterocycles. The van der Waals surface area contributed by atoms with Crippen molar-refractivity contribution in [2.45, 2.75) is 20.4 Å². The lowest BCUT2D eigenvalue weighted by atomic mass is 10.1. The number of hydrogen-bond acceptors (Lipinski definition) is 3. The Hall–Kier alpha value is -2.62. The van der Waals surface area contributed by atoms with E-state index in [0.29, 0.717) is 17.9 Å². The van der Waals surface area contributed by atoms with Crippen LogP contribution in [0.3, 0.4) is 0 Å². The fraction of sp³-hybridized carbons (Fsp3) is 0.176. The highest BCUT2D eigenvalue weighted by Crippen LogP contribution is 2.12. The molecule has 0 unspecified atom stereocenters. The largest absolute Gasteiger partial charge is 0.427 e. The van der Waals surface area contributed by atoms with Gasteiger partial charge in [-0.1, -0.05) is 29.8 Å². The van der Waals surface area contributed by atoms with Gasteiger partial charge in [0.15, 0.2) is 0 Å². The highest BCUT2D eigenvalue weighted by atomic mass is 16.5. The second-order valence-electron chi connectivity index (χ2n) is 4.79. The van der Waals surface area contributed by atoms with Crippen LogP contribution < -0.4 is 10.1 Å². The number of amides is 1. The quantitative estimate of drug-likeness (QED) is 0.693. The zero-order chi connectivity index (χ0) is 15.2. The summed E-state index contributed by atoms with van der Waals surface area (Å²) in [5, 5.41) is 2.85. The molecule has 0 aliphatic rings. The molecule has 0 radical (unpaired) electrons. The topological polar surface area (TPSA) is 55.4 Å². The Morgan fingerprint density at radius 1 is 1.00 bits per heavy atom. The highest BCUT2D eigenvalue weighted by molar-refractivity contribution is 5.94. The fourth-order valence-corrected chi connectivity index (χ4v) is 1.83. The number of carbonyl (C=O) groups is 2. The molecule has 4 nitrogen and oxygen atoms in total. The Morgan fingerprint density at radius 2 is 1.62 bits per heavy atom. The number of nitrogens with one attached hydrogen (secondary N) is 1. The van der Waals surface area contributed by atoms with Crippen LogP contribution in [0.1, 0.15) is 28.4 Å². The number of aryl methyl sites for hydroxylation is 1. The molecule has 108 valence electrons. The molecular weight excluding hydrogens is 266 g/mol. The molecule has 0 aromatic heterocycles. The van der Waals surface area contributed by atoms with Crippen molar-refractivity contribution in [2.24, 2.45) is 0 Å². The average molecular weight is 283 g/mol. The zero-order valence-corrected chi connectivity index (χ0v) is 12.1. The Bertz CT molecular complexity index is 630. The lowest BCUT2D eigenvalue weighted by Gasteiger charge is -2.07. The van der Waals surface area contributed by atoms with Gasteiger partial charge in [0.05, 0.1) is 0 Å². The first kappa shape index (κ1) is 14.8. The van der Waals surface area contributed by atoms with E-state index in [0.717, 1.165) is 5.56 Å². The minimum atomic E-state index is -0.383. The molecule has 1 amide bonds. The van der Waals surface area contributed by atoms with Gasteiger partial charge in [0.2, 0.25) is 0 Å². The molecule has 0 aliphatic carbocycles. The molecule has 0 saturated carbocycles. The molecular formula is C17H17NO3. The van der Waals surface area contributed by atoms with Gasteiger partial charge in [-0.25, -0.2) is 0 Å². The number of hydrogen-bond donors (Lipinski definition) is 1. The second kappa shape index (κ2) is 6.70. The van der Waals surface area contributed by atoms with E-state index in [9.17, 15) is 9.59 Å². The van der Waals surface area contributed by atoms with Crippen LogP contribution in [-0.4, -0.2) is 11.9 Å². The fourth-order valence-electron chi connectivity index (χ4n) is 1.83. The van der Waals surface area contributed by atoms with Crippen LogP contribution in [0.2, 0.25) is 0 Å². The van der Waals surface area contributed by atoms with Gasteiger partial charge >= 0.3 is 5.97 Å². The first-order valence-electron chi connectivity index (χ1n) is 6.67. The molecule has 1 N–H and O–H groups in total. The van der Waals surface area contributed by atoms with E-state index in [1.807, 2.05) is 31.2 Å². The maximum atomic E-state index is 12.0. The van der Waals surface area contributed by atoms with Crippen LogP contribution in [0.5, 0.6) is 5.75 Å². The molecule has 0 atom stereocenters. The van der Waals surface area contributed by atoms with Gasteiger partial charge in [0.1, 0.15) is 5.75 Å². The van der Waals surface area contributed by atoms with Crippen LogP contribution in [-0.2, 0) is 11.3 Å². The van der Waals surface area contributed by atoms with Crippen LogP contribution in [0.15, 0.2) is 48.5 Å². The summed E-state index contributed by atoms with van der Waals surface area (Å²) in [6.07, 6.45) is 0. The Balaban J connectivity index is 1.93. The molecule has 4 heteroatoms. The van der Waals surface area contributed by atoms with Gasteiger partial charge in [-0.2, -0.15) is 0 Å². The molecule has 0 saturated heterocycles. The van der Waals surface area contributed by atoms with E-state index < -0.39 is 0 Å². The number of esters is 1. The van der Waals surface area contributed by atoms with Gasteiger partial charge in [0.25, 0.3) is 5.91 Å². The van der Waals surface area contributed by atoms with Crippen molar-refractivity contribution in [1.29, 1.82) is 0 Å². The molecule has 0 bridgehead atoms. The van der Waals surface area contributed by atoms with Crippen LogP contribution in [0.4, 0.5) is 0 Å². The van der Waals surface area contributed by atoms with Crippen molar-refractivity contribution < 1.29 is 14.3 Å². The van der Waals surface area contributed by atoms with E-state index in [4.69, 9.17) is 4.74 Å². The van der Waals surface area contributed by atoms with Gasteiger partial charge < -0.3 is 10.1 Å². The summed E-state index contributed by atoms with van der Waals surface area (Å²) < 4.78 is 4.92. The summed E-state index contributed by atoms with van der Waals surface area (Å²) in [6, 6.07) is 14.4. The number of ether oxygens (including phenoxy) is 1. The molecule has 2 aromatic rings. The predicted molar refractivity (Wildman–Crippen MR) is 80.1 cm³/mol. The summed E-state index contributed by atoms with van der Waals surface area (Å²) in [5.41, 5.74) is 2.76. The molecule has 0 fully saturated rings. The van der Waals surface area contributed by atoms with E-state index in [1.165, 1.54) is 12.5 Å². The first-order valence-corrected chi connectivity index (χ1v) is 6.67. The Morgan fingerprint density at radius 3 is 2.19 bits per heavy atom. The van der Waals surface area contributed by atoms with Crippen molar-refractivity contribution >= 4 is 11.9 Å². The predicted octanol–water partition coefficient (Wildman–Crippen LogP) is 2.85. The SMILES string of the molecule is CC(=O)Oc1ccc(C(=O)NCc2ccc(C)cc2)cc1. The summed E-state index contributed by atoms with van der Waals surface area (Å²) in [7, 11) is 0. The van der Waals surface area contributed by atoms with Crippen LogP contribution >= 0.6 is 0 Å². The third-order valence-electron chi connectivity index (χ3n) is 2.95. The number of benzene rings is 2. The number of carbonyl (C=O) groups excluding carboxylic acids is 2. The Labute approximate surface area is 123 Å². The van der Waals surface area contributed by atoms with Gasteiger partial charge in [-0.05, 0) is 36.8 Å². The maximum absolute atomic E-state index is 12.0. The van der Waals surface area contributed by atoms with Crippen molar-refractivity contribution in [1.82, 2.24) is 5.32 Å². The maximum Gasteiger partial charge on any atom is 0.308 e. The second-order valence-corrected chi connectivity index (χ2v) is 4.79. The van der Waals surface area contributed by atoms with E-state index >= 15 is 0 Å². The molecule has 2 rings (SSSR count). The summed E-state index contributed by atoms with van der Waals surface area (Å²) >= 11 is 0. The normalized spacial score (nSPS) is 10.0. The van der Waals surface area contributed by atoms with Crippen molar-refractivity contribution in [3.05, 3.63) is 65.2 Å².